The Morgan fingerprint density at radius 3 is 2.55 bits per heavy atom. The Balaban J connectivity index is 1.47. The second kappa shape index (κ2) is 7.87. The van der Waals surface area contributed by atoms with E-state index in [1.54, 1.807) is 4.90 Å². The molecule has 2 amide bonds. The zero-order valence-corrected chi connectivity index (χ0v) is 16.2. The minimum Gasteiger partial charge on any atom is -0.480 e. The number of hydrogen-bond donors (Lipinski definition) is 3. The van der Waals surface area contributed by atoms with Crippen molar-refractivity contribution in [3.8, 4) is 0 Å². The van der Waals surface area contributed by atoms with Crippen molar-refractivity contribution in [1.29, 1.82) is 0 Å². The normalized spacial score (nSPS) is 22.9. The summed E-state index contributed by atoms with van der Waals surface area (Å²) in [5.41, 5.74) is 8.20. The summed E-state index contributed by atoms with van der Waals surface area (Å²) in [5, 5.41) is 10.4. The van der Waals surface area contributed by atoms with Gasteiger partial charge in [0.05, 0.1) is 6.04 Å². The molecule has 0 bridgehead atoms. The van der Waals surface area contributed by atoms with Gasteiger partial charge < -0.3 is 25.6 Å². The highest BCUT2D eigenvalue weighted by Gasteiger charge is 2.42. The number of benzene rings is 1. The molecule has 8 nitrogen and oxygen atoms in total. The first-order valence-electron chi connectivity index (χ1n) is 10.1. The summed E-state index contributed by atoms with van der Waals surface area (Å²) in [7, 11) is 0. The molecule has 8 heteroatoms. The Labute approximate surface area is 168 Å². The van der Waals surface area contributed by atoms with Gasteiger partial charge in [-0.05, 0) is 43.7 Å². The van der Waals surface area contributed by atoms with E-state index in [0.29, 0.717) is 45.2 Å². The lowest BCUT2D eigenvalue weighted by molar-refractivity contribution is -0.152. The Morgan fingerprint density at radius 2 is 1.79 bits per heavy atom. The first-order valence-corrected chi connectivity index (χ1v) is 10.1. The lowest BCUT2D eigenvalue weighted by Crippen LogP contribution is -2.54. The highest BCUT2D eigenvalue weighted by atomic mass is 16.4. The zero-order chi connectivity index (χ0) is 20.5. The topological polar surface area (TPSA) is 120 Å². The largest absolute Gasteiger partial charge is 0.480 e. The molecule has 154 valence electrons. The van der Waals surface area contributed by atoms with E-state index in [-0.39, 0.29) is 11.8 Å². The van der Waals surface area contributed by atoms with Crippen molar-refractivity contribution < 1.29 is 19.5 Å². The molecule has 4 N–H and O–H groups in total. The average Bonchev–Trinajstić information content (AvgIpc) is 3.46. The molecule has 3 heterocycles. The zero-order valence-electron chi connectivity index (χ0n) is 16.2. The first-order chi connectivity index (χ1) is 14.0. The molecule has 4 rings (SSSR count). The van der Waals surface area contributed by atoms with Crippen LogP contribution >= 0.6 is 0 Å². The Kier molecular flexibility index (Phi) is 5.27. The second-order valence-electron chi connectivity index (χ2n) is 7.89. The summed E-state index contributed by atoms with van der Waals surface area (Å²) in [6.07, 6.45) is 4.64. The number of rotatable bonds is 5. The van der Waals surface area contributed by atoms with E-state index in [9.17, 15) is 19.5 Å². The van der Waals surface area contributed by atoms with Crippen LogP contribution in [0.25, 0.3) is 10.9 Å². The number of H-pyrrole nitrogens is 1. The van der Waals surface area contributed by atoms with Gasteiger partial charge in [0.15, 0.2) is 0 Å². The van der Waals surface area contributed by atoms with Crippen LogP contribution in [0.1, 0.15) is 31.2 Å². The summed E-state index contributed by atoms with van der Waals surface area (Å²) in [6, 6.07) is 5.68. The number of aromatic amines is 1. The standard InChI is InChI=1S/C21H26N4O4/c22-15(11-13-12-23-16-6-2-1-5-14(13)16)19(26)24-9-3-7-17(24)20(27)25-10-4-8-18(25)21(28)29/h1-2,5-6,12,15,17-18,23H,3-4,7-11,22H2,(H,28,29)/t15-,17-,18-/m0/s1. The van der Waals surface area contributed by atoms with E-state index < -0.39 is 24.1 Å². The molecule has 2 aliphatic rings. The van der Waals surface area contributed by atoms with Crippen LogP contribution in [0.3, 0.4) is 0 Å². The van der Waals surface area contributed by atoms with Gasteiger partial charge in [-0.1, -0.05) is 18.2 Å². The van der Waals surface area contributed by atoms with Crippen LogP contribution < -0.4 is 5.73 Å². The van der Waals surface area contributed by atoms with Crippen molar-refractivity contribution in [2.75, 3.05) is 13.1 Å². The van der Waals surface area contributed by atoms with Crippen molar-refractivity contribution in [3.05, 3.63) is 36.0 Å². The summed E-state index contributed by atoms with van der Waals surface area (Å²) in [5.74, 6) is -1.50. The van der Waals surface area contributed by atoms with Crippen molar-refractivity contribution >= 4 is 28.7 Å². The third-order valence-electron chi connectivity index (χ3n) is 6.07. The van der Waals surface area contributed by atoms with Crippen LogP contribution in [-0.2, 0) is 20.8 Å². The Bertz CT molecular complexity index is 940. The maximum atomic E-state index is 13.1. The number of amides is 2. The molecule has 1 aromatic heterocycles. The fourth-order valence-corrected chi connectivity index (χ4v) is 4.60. The number of nitrogens with two attached hydrogens (primary N) is 1. The van der Waals surface area contributed by atoms with E-state index in [1.807, 2.05) is 30.5 Å². The number of carbonyl (C=O) groups excluding carboxylic acids is 2. The fourth-order valence-electron chi connectivity index (χ4n) is 4.60. The van der Waals surface area contributed by atoms with Gasteiger partial charge in [-0.2, -0.15) is 0 Å². The Morgan fingerprint density at radius 1 is 1.10 bits per heavy atom. The van der Waals surface area contributed by atoms with E-state index in [0.717, 1.165) is 16.5 Å². The first kappa shape index (κ1) is 19.4. The molecular formula is C21H26N4O4. The molecule has 2 aromatic rings. The van der Waals surface area contributed by atoms with Crippen LogP contribution in [0.2, 0.25) is 0 Å². The van der Waals surface area contributed by atoms with Gasteiger partial charge in [0.25, 0.3) is 0 Å². The monoisotopic (exact) mass is 398 g/mol. The van der Waals surface area contributed by atoms with Gasteiger partial charge in [0.1, 0.15) is 12.1 Å². The number of nitrogens with one attached hydrogen (secondary N) is 1. The minimum absolute atomic E-state index is 0.253. The van der Waals surface area contributed by atoms with Crippen LogP contribution in [0.4, 0.5) is 0 Å². The molecule has 3 atom stereocenters. The highest BCUT2D eigenvalue weighted by Crippen LogP contribution is 2.26. The van der Waals surface area contributed by atoms with Crippen molar-refractivity contribution in [2.24, 2.45) is 5.73 Å². The summed E-state index contributed by atoms with van der Waals surface area (Å²) >= 11 is 0. The molecule has 2 saturated heterocycles. The van der Waals surface area contributed by atoms with E-state index in [2.05, 4.69) is 4.98 Å². The number of carbonyl (C=O) groups is 3. The predicted octanol–water partition coefficient (Wildman–Crippen LogP) is 1.10. The van der Waals surface area contributed by atoms with Crippen LogP contribution in [0.15, 0.2) is 30.5 Å². The number of aromatic nitrogens is 1. The number of para-hydroxylation sites is 1. The van der Waals surface area contributed by atoms with Crippen molar-refractivity contribution in [3.63, 3.8) is 0 Å². The third kappa shape index (κ3) is 3.60. The molecule has 2 aliphatic heterocycles. The summed E-state index contributed by atoms with van der Waals surface area (Å²) < 4.78 is 0. The molecule has 1 aromatic carbocycles. The molecule has 0 saturated carbocycles. The van der Waals surface area contributed by atoms with Gasteiger partial charge in [-0.25, -0.2) is 4.79 Å². The highest BCUT2D eigenvalue weighted by molar-refractivity contribution is 5.93. The van der Waals surface area contributed by atoms with Crippen molar-refractivity contribution in [1.82, 2.24) is 14.8 Å². The minimum atomic E-state index is -0.984. The number of likely N-dealkylation sites (tertiary alicyclic amines) is 2. The third-order valence-corrected chi connectivity index (χ3v) is 6.07. The maximum Gasteiger partial charge on any atom is 0.326 e. The lowest BCUT2D eigenvalue weighted by Gasteiger charge is -2.31. The summed E-state index contributed by atoms with van der Waals surface area (Å²) in [4.78, 5) is 43.7. The van der Waals surface area contributed by atoms with Gasteiger partial charge in [-0.15, -0.1) is 0 Å². The average molecular weight is 398 g/mol. The molecule has 2 fully saturated rings. The van der Waals surface area contributed by atoms with E-state index >= 15 is 0 Å². The molecule has 0 aliphatic carbocycles. The second-order valence-corrected chi connectivity index (χ2v) is 7.89. The van der Waals surface area contributed by atoms with Gasteiger partial charge >= 0.3 is 5.97 Å². The van der Waals surface area contributed by atoms with Gasteiger partial charge in [0, 0.05) is 30.2 Å². The molecule has 0 spiro atoms. The number of aliphatic carboxylic acids is 1. The van der Waals surface area contributed by atoms with E-state index in [4.69, 9.17) is 5.73 Å². The number of carboxylic acid groups (broad SMARTS) is 1. The fraction of sp³-hybridized carbons (Fsp3) is 0.476. The van der Waals surface area contributed by atoms with Crippen LogP contribution in [0, 0.1) is 0 Å². The molecule has 0 radical (unpaired) electrons. The maximum absolute atomic E-state index is 13.1. The van der Waals surface area contributed by atoms with E-state index in [1.165, 1.54) is 4.90 Å². The molecular weight excluding hydrogens is 372 g/mol. The van der Waals surface area contributed by atoms with Gasteiger partial charge in [-0.3, -0.25) is 9.59 Å². The quantitative estimate of drug-likeness (QED) is 0.697. The SMILES string of the molecule is N[C@@H](Cc1c[nH]c2ccccc12)C(=O)N1CCC[C@H]1C(=O)N1CCC[C@H]1C(=O)O. The number of hydrogen-bond acceptors (Lipinski definition) is 4. The Hall–Kier alpha value is -2.87. The number of nitrogens with zero attached hydrogens (tertiary/aromatic N) is 2. The molecule has 29 heavy (non-hydrogen) atoms. The van der Waals surface area contributed by atoms with Crippen LogP contribution in [0.5, 0.6) is 0 Å². The summed E-state index contributed by atoms with van der Waals surface area (Å²) in [6.45, 7) is 0.901. The van der Waals surface area contributed by atoms with Crippen molar-refractivity contribution in [2.45, 2.75) is 50.2 Å². The lowest BCUT2D eigenvalue weighted by atomic mass is 10.0. The van der Waals surface area contributed by atoms with Gasteiger partial charge in [0.2, 0.25) is 11.8 Å². The number of fused-ring (bicyclic) bond motifs is 1. The smallest absolute Gasteiger partial charge is 0.326 e. The predicted molar refractivity (Wildman–Crippen MR) is 107 cm³/mol. The number of carboxylic acids is 1. The molecule has 0 unspecified atom stereocenters. The van der Waals surface area contributed by atoms with Crippen LogP contribution in [-0.4, -0.2) is 68.9 Å².